The molecule has 1 unspecified atom stereocenters. The molecular formula is C8H14N2O2. The molecule has 0 aliphatic carbocycles. The van der Waals surface area contributed by atoms with E-state index in [0.717, 1.165) is 0 Å². The maximum atomic E-state index is 11.2. The highest BCUT2D eigenvalue weighted by Crippen LogP contribution is 2.15. The van der Waals surface area contributed by atoms with Crippen LogP contribution in [0.25, 0.3) is 0 Å². The van der Waals surface area contributed by atoms with Crippen LogP contribution in [0, 0.1) is 5.92 Å². The molecule has 68 valence electrons. The molecule has 0 aromatic rings. The van der Waals surface area contributed by atoms with Gasteiger partial charge in [0.2, 0.25) is 0 Å². The van der Waals surface area contributed by atoms with E-state index in [2.05, 4.69) is 5.32 Å². The number of nitrogens with zero attached hydrogens (tertiary/aromatic N) is 1. The lowest BCUT2D eigenvalue weighted by Crippen LogP contribution is -2.38. The lowest BCUT2D eigenvalue weighted by Gasteiger charge is -2.22. The highest BCUT2D eigenvalue weighted by atomic mass is 16.2. The lowest BCUT2D eigenvalue weighted by atomic mass is 10.0. The van der Waals surface area contributed by atoms with E-state index in [9.17, 15) is 9.59 Å². The highest BCUT2D eigenvalue weighted by molar-refractivity contribution is 6.04. The van der Waals surface area contributed by atoms with Crippen molar-refractivity contribution in [2.45, 2.75) is 26.8 Å². The molecular weight excluding hydrogens is 156 g/mol. The molecule has 0 bridgehead atoms. The molecule has 1 aliphatic rings. The molecule has 1 atom stereocenters. The van der Waals surface area contributed by atoms with Crippen LogP contribution in [-0.2, 0) is 4.79 Å². The summed E-state index contributed by atoms with van der Waals surface area (Å²) >= 11 is 0. The second-order valence-corrected chi connectivity index (χ2v) is 3.27. The Bertz CT molecular complexity index is 213. The summed E-state index contributed by atoms with van der Waals surface area (Å²) in [5, 5.41) is 2.30. The zero-order chi connectivity index (χ0) is 9.30. The molecule has 0 aromatic carbocycles. The van der Waals surface area contributed by atoms with E-state index in [1.807, 2.05) is 20.8 Å². The standard InChI is InChI=1S/C8H14N2O2/c1-4-10-6(5(2)3)7(11)9-8(10)12/h5-6H,4H2,1-3H3,(H,9,11,12). The van der Waals surface area contributed by atoms with Gasteiger partial charge in [-0.15, -0.1) is 0 Å². The molecule has 1 saturated heterocycles. The molecule has 1 heterocycles. The summed E-state index contributed by atoms with van der Waals surface area (Å²) in [5.41, 5.74) is 0. The van der Waals surface area contributed by atoms with Crippen molar-refractivity contribution in [1.29, 1.82) is 0 Å². The van der Waals surface area contributed by atoms with E-state index in [0.29, 0.717) is 6.54 Å². The number of urea groups is 1. The number of rotatable bonds is 2. The van der Waals surface area contributed by atoms with Crippen LogP contribution in [0.2, 0.25) is 0 Å². The first-order valence-electron chi connectivity index (χ1n) is 4.19. The predicted molar refractivity (Wildman–Crippen MR) is 44.5 cm³/mol. The SMILES string of the molecule is CCN1C(=O)NC(=O)C1C(C)C. The van der Waals surface area contributed by atoms with Gasteiger partial charge in [0.15, 0.2) is 0 Å². The number of carbonyl (C=O) groups excluding carboxylic acids is 2. The summed E-state index contributed by atoms with van der Waals surface area (Å²) in [5.74, 6) is 0.00764. The van der Waals surface area contributed by atoms with Crippen molar-refractivity contribution in [2.75, 3.05) is 6.54 Å². The zero-order valence-electron chi connectivity index (χ0n) is 7.63. The van der Waals surface area contributed by atoms with Gasteiger partial charge in [0.1, 0.15) is 6.04 Å². The smallest absolute Gasteiger partial charge is 0.312 e. The van der Waals surface area contributed by atoms with Crippen molar-refractivity contribution in [3.63, 3.8) is 0 Å². The van der Waals surface area contributed by atoms with Gasteiger partial charge in [-0.1, -0.05) is 13.8 Å². The zero-order valence-corrected chi connectivity index (χ0v) is 7.63. The van der Waals surface area contributed by atoms with E-state index in [4.69, 9.17) is 0 Å². The van der Waals surface area contributed by atoms with Crippen LogP contribution < -0.4 is 5.32 Å². The summed E-state index contributed by atoms with van der Waals surface area (Å²) in [6.07, 6.45) is 0. The van der Waals surface area contributed by atoms with Crippen molar-refractivity contribution in [2.24, 2.45) is 5.92 Å². The van der Waals surface area contributed by atoms with Gasteiger partial charge < -0.3 is 4.90 Å². The summed E-state index contributed by atoms with van der Waals surface area (Å²) in [6.45, 7) is 6.32. The van der Waals surface area contributed by atoms with Crippen molar-refractivity contribution < 1.29 is 9.59 Å². The first-order valence-corrected chi connectivity index (χ1v) is 4.19. The third kappa shape index (κ3) is 1.29. The Balaban J connectivity index is 2.82. The first-order chi connectivity index (χ1) is 5.57. The molecule has 0 radical (unpaired) electrons. The molecule has 1 aliphatic heterocycles. The van der Waals surface area contributed by atoms with Gasteiger partial charge in [0.05, 0.1) is 0 Å². The number of nitrogens with one attached hydrogen (secondary N) is 1. The Labute approximate surface area is 71.9 Å². The van der Waals surface area contributed by atoms with Gasteiger partial charge >= 0.3 is 6.03 Å². The maximum absolute atomic E-state index is 11.2. The molecule has 3 amide bonds. The molecule has 4 nitrogen and oxygen atoms in total. The average molecular weight is 170 g/mol. The van der Waals surface area contributed by atoms with E-state index in [1.165, 1.54) is 0 Å². The fourth-order valence-corrected chi connectivity index (χ4v) is 1.52. The van der Waals surface area contributed by atoms with Crippen LogP contribution in [0.4, 0.5) is 4.79 Å². The van der Waals surface area contributed by atoms with Crippen molar-refractivity contribution in [1.82, 2.24) is 10.2 Å². The molecule has 0 aromatic heterocycles. The third-order valence-electron chi connectivity index (χ3n) is 2.07. The second-order valence-electron chi connectivity index (χ2n) is 3.27. The van der Waals surface area contributed by atoms with Crippen LogP contribution in [-0.4, -0.2) is 29.4 Å². The van der Waals surface area contributed by atoms with Crippen molar-refractivity contribution in [3.8, 4) is 0 Å². The van der Waals surface area contributed by atoms with Gasteiger partial charge in [0.25, 0.3) is 5.91 Å². The fraction of sp³-hybridized carbons (Fsp3) is 0.750. The first kappa shape index (κ1) is 9.03. The van der Waals surface area contributed by atoms with Gasteiger partial charge in [-0.25, -0.2) is 4.79 Å². The Morgan fingerprint density at radius 1 is 1.50 bits per heavy atom. The largest absolute Gasteiger partial charge is 0.324 e. The molecule has 1 fully saturated rings. The molecule has 1 rings (SSSR count). The van der Waals surface area contributed by atoms with Gasteiger partial charge in [-0.05, 0) is 12.8 Å². The van der Waals surface area contributed by atoms with E-state index < -0.39 is 0 Å². The van der Waals surface area contributed by atoms with E-state index in [-0.39, 0.29) is 23.9 Å². The van der Waals surface area contributed by atoms with E-state index in [1.54, 1.807) is 4.90 Å². The van der Waals surface area contributed by atoms with Crippen LogP contribution in [0.1, 0.15) is 20.8 Å². The fourth-order valence-electron chi connectivity index (χ4n) is 1.52. The molecule has 4 heteroatoms. The Morgan fingerprint density at radius 2 is 2.08 bits per heavy atom. The molecule has 0 spiro atoms. The minimum atomic E-state index is -0.275. The van der Waals surface area contributed by atoms with Gasteiger partial charge in [0, 0.05) is 6.54 Å². The van der Waals surface area contributed by atoms with Gasteiger partial charge in [-0.3, -0.25) is 10.1 Å². The Morgan fingerprint density at radius 3 is 2.42 bits per heavy atom. The van der Waals surface area contributed by atoms with Crippen LogP contribution >= 0.6 is 0 Å². The molecule has 12 heavy (non-hydrogen) atoms. The minimum Gasteiger partial charge on any atom is -0.312 e. The number of imide groups is 1. The highest BCUT2D eigenvalue weighted by Gasteiger charge is 2.38. The number of amides is 3. The Kier molecular flexibility index (Phi) is 2.35. The van der Waals surface area contributed by atoms with Crippen LogP contribution in [0.3, 0.4) is 0 Å². The quantitative estimate of drug-likeness (QED) is 0.616. The maximum Gasteiger partial charge on any atom is 0.324 e. The summed E-state index contributed by atoms with van der Waals surface area (Å²) in [4.78, 5) is 23.9. The molecule has 0 saturated carbocycles. The summed E-state index contributed by atoms with van der Waals surface area (Å²) in [6, 6.07) is -0.538. The summed E-state index contributed by atoms with van der Waals surface area (Å²) in [7, 11) is 0. The number of hydrogen-bond acceptors (Lipinski definition) is 2. The number of carbonyl (C=O) groups is 2. The van der Waals surface area contributed by atoms with Crippen LogP contribution in [0.15, 0.2) is 0 Å². The lowest BCUT2D eigenvalue weighted by molar-refractivity contribution is -0.122. The number of likely N-dealkylation sites (N-methyl/N-ethyl adjacent to an activating group) is 1. The van der Waals surface area contributed by atoms with Crippen molar-refractivity contribution in [3.05, 3.63) is 0 Å². The van der Waals surface area contributed by atoms with Crippen molar-refractivity contribution >= 4 is 11.9 Å². The Hall–Kier alpha value is -1.06. The van der Waals surface area contributed by atoms with E-state index >= 15 is 0 Å². The third-order valence-corrected chi connectivity index (χ3v) is 2.07. The normalized spacial score (nSPS) is 23.7. The average Bonchev–Trinajstić information content (AvgIpc) is 2.24. The van der Waals surface area contributed by atoms with Crippen LogP contribution in [0.5, 0.6) is 0 Å². The predicted octanol–water partition coefficient (Wildman–Crippen LogP) is 0.583. The monoisotopic (exact) mass is 170 g/mol. The van der Waals surface area contributed by atoms with Gasteiger partial charge in [-0.2, -0.15) is 0 Å². The number of hydrogen-bond donors (Lipinski definition) is 1. The minimum absolute atomic E-state index is 0.170. The second kappa shape index (κ2) is 3.13. The topological polar surface area (TPSA) is 49.4 Å². The molecule has 1 N–H and O–H groups in total. The summed E-state index contributed by atoms with van der Waals surface area (Å²) < 4.78 is 0.